The molecular formula is C21H39NO3. The first-order chi connectivity index (χ1) is 11.5. The third kappa shape index (κ3) is 7.89. The van der Waals surface area contributed by atoms with Gasteiger partial charge in [-0.3, -0.25) is 9.69 Å². The minimum Gasteiger partial charge on any atom is -0.462 e. The minimum atomic E-state index is -0.0438. The van der Waals surface area contributed by atoms with Gasteiger partial charge in [0.1, 0.15) is 11.9 Å². The van der Waals surface area contributed by atoms with E-state index in [1.807, 2.05) is 0 Å². The van der Waals surface area contributed by atoms with Crippen molar-refractivity contribution < 1.29 is 14.3 Å². The number of ketones is 1. The third-order valence-corrected chi connectivity index (χ3v) is 5.73. The van der Waals surface area contributed by atoms with Gasteiger partial charge in [0.2, 0.25) is 0 Å². The first kappa shape index (κ1) is 22.1. The molecule has 1 heterocycles. The summed E-state index contributed by atoms with van der Waals surface area (Å²) in [6.07, 6.45) is 9.44. The van der Waals surface area contributed by atoms with Crippen LogP contribution in [0, 0.1) is 0 Å². The van der Waals surface area contributed by atoms with Crippen LogP contribution in [0.25, 0.3) is 0 Å². The van der Waals surface area contributed by atoms with Gasteiger partial charge in [-0.2, -0.15) is 0 Å². The Morgan fingerprint density at radius 1 is 0.880 bits per heavy atom. The van der Waals surface area contributed by atoms with Crippen LogP contribution in [-0.2, 0) is 14.3 Å². The molecule has 0 bridgehead atoms. The first-order valence-electron chi connectivity index (χ1n) is 9.97. The van der Waals surface area contributed by atoms with Gasteiger partial charge in [-0.25, -0.2) is 0 Å². The number of rotatable bonds is 10. The highest BCUT2D eigenvalue weighted by atomic mass is 16.5. The summed E-state index contributed by atoms with van der Waals surface area (Å²) < 4.78 is 5.78. The fraction of sp³-hybridized carbons (Fsp3) is 0.905. The number of nitrogens with zero attached hydrogens (tertiary/aromatic N) is 1. The van der Waals surface area contributed by atoms with Crippen LogP contribution in [0.15, 0.2) is 0 Å². The average molecular weight is 354 g/mol. The monoisotopic (exact) mass is 353 g/mol. The van der Waals surface area contributed by atoms with Gasteiger partial charge >= 0.3 is 5.97 Å². The van der Waals surface area contributed by atoms with Crippen LogP contribution in [0.3, 0.4) is 0 Å². The van der Waals surface area contributed by atoms with Gasteiger partial charge in [0.05, 0.1) is 0 Å². The number of unbranched alkanes of at least 4 members (excludes halogenated alkanes) is 5. The van der Waals surface area contributed by atoms with Crippen molar-refractivity contribution in [3.05, 3.63) is 0 Å². The van der Waals surface area contributed by atoms with Crippen molar-refractivity contribution in [2.45, 2.75) is 116 Å². The van der Waals surface area contributed by atoms with Crippen molar-refractivity contribution in [2.24, 2.45) is 0 Å². The van der Waals surface area contributed by atoms with E-state index in [0.717, 1.165) is 51.4 Å². The van der Waals surface area contributed by atoms with E-state index in [-0.39, 0.29) is 28.9 Å². The van der Waals surface area contributed by atoms with Crippen molar-refractivity contribution in [3.63, 3.8) is 0 Å². The number of piperidine rings is 1. The minimum absolute atomic E-state index is 0.0280. The molecule has 1 saturated heterocycles. The largest absolute Gasteiger partial charge is 0.462 e. The summed E-state index contributed by atoms with van der Waals surface area (Å²) in [7, 11) is 2.16. The number of carbonyl (C=O) groups excluding carboxylic acids is 2. The van der Waals surface area contributed by atoms with Crippen LogP contribution < -0.4 is 0 Å². The lowest BCUT2D eigenvalue weighted by molar-refractivity contribution is -0.159. The van der Waals surface area contributed by atoms with Crippen molar-refractivity contribution in [1.29, 1.82) is 0 Å². The molecule has 0 atom stereocenters. The summed E-state index contributed by atoms with van der Waals surface area (Å²) in [6, 6.07) is 0. The van der Waals surface area contributed by atoms with Crippen molar-refractivity contribution in [2.75, 3.05) is 7.05 Å². The Morgan fingerprint density at radius 2 is 1.32 bits per heavy atom. The lowest BCUT2D eigenvalue weighted by Gasteiger charge is -2.53. The molecule has 0 aliphatic carbocycles. The third-order valence-electron chi connectivity index (χ3n) is 5.73. The van der Waals surface area contributed by atoms with Crippen LogP contribution in [-0.4, -0.2) is 40.9 Å². The highest BCUT2D eigenvalue weighted by molar-refractivity contribution is 5.75. The Balaban J connectivity index is 2.19. The number of hydrogen-bond donors (Lipinski definition) is 0. The van der Waals surface area contributed by atoms with Crippen LogP contribution in [0.1, 0.15) is 98.8 Å². The molecule has 0 unspecified atom stereocenters. The molecule has 0 aromatic heterocycles. The quantitative estimate of drug-likeness (QED) is 0.414. The van der Waals surface area contributed by atoms with Gasteiger partial charge in [-0.05, 0) is 54.5 Å². The maximum atomic E-state index is 12.2. The average Bonchev–Trinajstić information content (AvgIpc) is 2.46. The van der Waals surface area contributed by atoms with E-state index in [9.17, 15) is 9.59 Å². The van der Waals surface area contributed by atoms with Gasteiger partial charge in [0.25, 0.3) is 0 Å². The molecule has 1 aliphatic heterocycles. The second-order valence-corrected chi connectivity index (χ2v) is 9.03. The summed E-state index contributed by atoms with van der Waals surface area (Å²) in [4.78, 5) is 25.4. The Morgan fingerprint density at radius 3 is 1.80 bits per heavy atom. The number of Topliss-reactive ketones (excluding diaryl/α,β-unsaturated/α-hetero) is 1. The number of likely N-dealkylation sites (tertiary alicyclic amines) is 1. The number of carbonyl (C=O) groups is 2. The second kappa shape index (κ2) is 9.70. The van der Waals surface area contributed by atoms with Crippen molar-refractivity contribution >= 4 is 11.8 Å². The van der Waals surface area contributed by atoms with Gasteiger partial charge in [-0.15, -0.1) is 0 Å². The normalized spacial score (nSPS) is 20.4. The maximum Gasteiger partial charge on any atom is 0.306 e. The molecule has 0 spiro atoms. The van der Waals surface area contributed by atoms with Gasteiger partial charge < -0.3 is 9.53 Å². The fourth-order valence-electron chi connectivity index (χ4n) is 3.96. The molecule has 4 heteroatoms. The Hall–Kier alpha value is -0.900. The molecule has 4 nitrogen and oxygen atoms in total. The highest BCUT2D eigenvalue weighted by Gasteiger charge is 2.44. The molecule has 1 rings (SSSR count). The highest BCUT2D eigenvalue weighted by Crippen LogP contribution is 2.38. The summed E-state index contributed by atoms with van der Waals surface area (Å²) >= 11 is 0. The SMILES string of the molecule is CC(=O)CCCCCCCCC(=O)OC1CC(C)(C)N(C)C(C)(C)C1. The van der Waals surface area contributed by atoms with E-state index in [1.165, 1.54) is 0 Å². The number of ether oxygens (including phenoxy) is 1. The van der Waals surface area contributed by atoms with E-state index in [2.05, 4.69) is 39.6 Å². The fourth-order valence-corrected chi connectivity index (χ4v) is 3.96. The molecule has 146 valence electrons. The molecule has 0 radical (unpaired) electrons. The zero-order valence-electron chi connectivity index (χ0n) is 17.3. The standard InChI is InChI=1S/C21H39NO3/c1-17(23)13-11-9-7-8-10-12-14-19(24)25-18-15-20(2,3)22(6)21(4,5)16-18/h18H,7-16H2,1-6H3. The van der Waals surface area contributed by atoms with Gasteiger partial charge in [0.15, 0.2) is 0 Å². The topological polar surface area (TPSA) is 46.6 Å². The predicted molar refractivity (Wildman–Crippen MR) is 103 cm³/mol. The summed E-state index contributed by atoms with van der Waals surface area (Å²) in [5, 5.41) is 0. The van der Waals surface area contributed by atoms with Crippen LogP contribution in [0.5, 0.6) is 0 Å². The van der Waals surface area contributed by atoms with E-state index in [1.54, 1.807) is 6.92 Å². The second-order valence-electron chi connectivity index (χ2n) is 9.03. The van der Waals surface area contributed by atoms with Gasteiger partial charge in [0, 0.05) is 36.8 Å². The molecule has 0 aromatic rings. The lowest BCUT2D eigenvalue weighted by atomic mass is 9.79. The molecule has 25 heavy (non-hydrogen) atoms. The maximum absolute atomic E-state index is 12.2. The van der Waals surface area contributed by atoms with E-state index in [4.69, 9.17) is 4.74 Å². The zero-order chi connectivity index (χ0) is 19.1. The Bertz CT molecular complexity index is 424. The van der Waals surface area contributed by atoms with E-state index < -0.39 is 0 Å². The van der Waals surface area contributed by atoms with Crippen LogP contribution >= 0.6 is 0 Å². The number of hydrogen-bond acceptors (Lipinski definition) is 4. The Kier molecular flexibility index (Phi) is 8.59. The molecular weight excluding hydrogens is 314 g/mol. The lowest BCUT2D eigenvalue weighted by Crippen LogP contribution is -2.60. The van der Waals surface area contributed by atoms with Crippen LogP contribution in [0.4, 0.5) is 0 Å². The molecule has 0 aromatic carbocycles. The Labute approximate surface area is 154 Å². The van der Waals surface area contributed by atoms with Crippen molar-refractivity contribution in [1.82, 2.24) is 4.90 Å². The molecule has 1 aliphatic rings. The number of esters is 1. The van der Waals surface area contributed by atoms with E-state index in [0.29, 0.717) is 12.8 Å². The summed E-state index contributed by atoms with van der Waals surface area (Å²) in [5.41, 5.74) is 0.0964. The summed E-state index contributed by atoms with van der Waals surface area (Å²) in [6.45, 7) is 10.5. The van der Waals surface area contributed by atoms with Gasteiger partial charge in [-0.1, -0.05) is 25.7 Å². The van der Waals surface area contributed by atoms with E-state index >= 15 is 0 Å². The molecule has 0 N–H and O–H groups in total. The van der Waals surface area contributed by atoms with Crippen molar-refractivity contribution in [3.8, 4) is 0 Å². The summed E-state index contributed by atoms with van der Waals surface area (Å²) in [5.74, 6) is 0.237. The predicted octanol–water partition coefficient (Wildman–Crippen LogP) is 4.89. The zero-order valence-corrected chi connectivity index (χ0v) is 17.3. The first-order valence-corrected chi connectivity index (χ1v) is 9.97. The molecule has 1 fully saturated rings. The molecule has 0 amide bonds. The smallest absolute Gasteiger partial charge is 0.306 e. The molecule has 0 saturated carbocycles. The van der Waals surface area contributed by atoms with Crippen LogP contribution in [0.2, 0.25) is 0 Å².